The van der Waals surface area contributed by atoms with E-state index in [2.05, 4.69) is 12.2 Å². The fraction of sp³-hybridized carbons (Fsp3) is 0.500. The maximum Gasteiger partial charge on any atom is 0.124 e. The number of nitrogens with zero attached hydrogens (tertiary/aromatic N) is 1. The number of nitrogens with one attached hydrogen (secondary N) is 1. The summed E-state index contributed by atoms with van der Waals surface area (Å²) in [5.74, 6) is -0.336. The molecule has 1 fully saturated rings. The van der Waals surface area contributed by atoms with E-state index in [4.69, 9.17) is 5.26 Å². The molecule has 90 valence electrons. The van der Waals surface area contributed by atoms with Crippen LogP contribution in [0.2, 0.25) is 0 Å². The molecule has 3 heteroatoms. The number of benzene rings is 1. The van der Waals surface area contributed by atoms with E-state index in [1.165, 1.54) is 31.4 Å². The van der Waals surface area contributed by atoms with Gasteiger partial charge in [-0.15, -0.1) is 0 Å². The molecule has 0 aliphatic heterocycles. The van der Waals surface area contributed by atoms with E-state index in [1.807, 2.05) is 6.07 Å². The first kappa shape index (κ1) is 12.1. The normalized spacial score (nSPS) is 16.5. The van der Waals surface area contributed by atoms with E-state index in [0.717, 1.165) is 12.1 Å². The van der Waals surface area contributed by atoms with Crippen LogP contribution >= 0.6 is 0 Å². The molecule has 2 rings (SSSR count). The van der Waals surface area contributed by atoms with Crippen LogP contribution in [0.1, 0.15) is 37.3 Å². The lowest BCUT2D eigenvalue weighted by molar-refractivity contribution is 0.443. The Labute approximate surface area is 101 Å². The summed E-state index contributed by atoms with van der Waals surface area (Å²) in [5.41, 5.74) is 1.72. The molecule has 1 aromatic rings. The van der Waals surface area contributed by atoms with Crippen LogP contribution in [-0.4, -0.2) is 6.54 Å². The zero-order chi connectivity index (χ0) is 12.3. The van der Waals surface area contributed by atoms with Gasteiger partial charge < -0.3 is 5.32 Å². The second kappa shape index (κ2) is 4.85. The summed E-state index contributed by atoms with van der Waals surface area (Å²) in [6.45, 7) is 3.83. The lowest BCUT2D eigenvalue weighted by atomic mass is 10.0. The van der Waals surface area contributed by atoms with E-state index in [0.29, 0.717) is 17.5 Å². The number of rotatable bonds is 5. The number of hydrogen-bond donors (Lipinski definition) is 1. The minimum absolute atomic E-state index is 0.336. The molecule has 0 heterocycles. The van der Waals surface area contributed by atoms with Gasteiger partial charge in [-0.3, -0.25) is 0 Å². The van der Waals surface area contributed by atoms with Crippen molar-refractivity contribution >= 4 is 0 Å². The van der Waals surface area contributed by atoms with Crippen LogP contribution in [0.15, 0.2) is 18.2 Å². The van der Waals surface area contributed by atoms with Gasteiger partial charge in [0.1, 0.15) is 5.82 Å². The van der Waals surface area contributed by atoms with Gasteiger partial charge >= 0.3 is 0 Å². The zero-order valence-corrected chi connectivity index (χ0v) is 10.1. The van der Waals surface area contributed by atoms with Gasteiger partial charge in [0.2, 0.25) is 0 Å². The zero-order valence-electron chi connectivity index (χ0n) is 10.1. The Morgan fingerprint density at radius 2 is 2.18 bits per heavy atom. The highest BCUT2D eigenvalue weighted by Gasteiger charge is 2.39. The molecule has 1 aliphatic rings. The average molecular weight is 232 g/mol. The molecule has 0 saturated heterocycles. The Hall–Kier alpha value is -1.40. The summed E-state index contributed by atoms with van der Waals surface area (Å²) < 4.78 is 13.2. The Balaban J connectivity index is 1.91. The molecule has 1 aromatic carbocycles. The van der Waals surface area contributed by atoms with Crippen molar-refractivity contribution in [3.63, 3.8) is 0 Å². The van der Waals surface area contributed by atoms with Crippen molar-refractivity contribution in [2.75, 3.05) is 6.54 Å². The van der Waals surface area contributed by atoms with Crippen LogP contribution in [0.5, 0.6) is 0 Å². The Kier molecular flexibility index (Phi) is 3.44. The van der Waals surface area contributed by atoms with Crippen molar-refractivity contribution in [3.05, 3.63) is 35.1 Å². The summed E-state index contributed by atoms with van der Waals surface area (Å²) in [7, 11) is 0. The first-order valence-electron chi connectivity index (χ1n) is 6.08. The van der Waals surface area contributed by atoms with E-state index in [1.54, 1.807) is 6.07 Å². The summed E-state index contributed by atoms with van der Waals surface area (Å²) in [6.07, 6.45) is 3.79. The molecular weight excluding hydrogens is 215 g/mol. The lowest BCUT2D eigenvalue weighted by Crippen LogP contribution is -2.23. The van der Waals surface area contributed by atoms with E-state index in [-0.39, 0.29) is 5.82 Å². The predicted molar refractivity (Wildman–Crippen MR) is 64.8 cm³/mol. The molecule has 0 unspecified atom stereocenters. The SMILES string of the molecule is CCC1(CNCc2cc(F)cc(C#N)c2)CC1. The second-order valence-electron chi connectivity index (χ2n) is 4.92. The van der Waals surface area contributed by atoms with Crippen LogP contribution in [-0.2, 0) is 6.54 Å². The van der Waals surface area contributed by atoms with Crippen LogP contribution in [0.25, 0.3) is 0 Å². The Morgan fingerprint density at radius 1 is 1.41 bits per heavy atom. The number of halogens is 1. The number of hydrogen-bond acceptors (Lipinski definition) is 2. The maximum atomic E-state index is 13.2. The van der Waals surface area contributed by atoms with Crippen LogP contribution in [0.3, 0.4) is 0 Å². The molecule has 1 N–H and O–H groups in total. The molecule has 0 radical (unpaired) electrons. The van der Waals surface area contributed by atoms with Crippen LogP contribution < -0.4 is 5.32 Å². The first-order valence-corrected chi connectivity index (χ1v) is 6.08. The molecule has 17 heavy (non-hydrogen) atoms. The monoisotopic (exact) mass is 232 g/mol. The van der Waals surface area contributed by atoms with Crippen LogP contribution in [0.4, 0.5) is 4.39 Å². The lowest BCUT2D eigenvalue weighted by Gasteiger charge is -2.13. The van der Waals surface area contributed by atoms with E-state index in [9.17, 15) is 4.39 Å². The molecule has 1 saturated carbocycles. The van der Waals surface area contributed by atoms with Crippen molar-refractivity contribution in [1.82, 2.24) is 5.32 Å². The molecule has 1 aliphatic carbocycles. The smallest absolute Gasteiger partial charge is 0.124 e. The topological polar surface area (TPSA) is 35.8 Å². The Morgan fingerprint density at radius 3 is 2.76 bits per heavy atom. The summed E-state index contributed by atoms with van der Waals surface area (Å²) in [6, 6.07) is 6.46. The molecule has 0 amide bonds. The van der Waals surface area contributed by atoms with E-state index < -0.39 is 0 Å². The fourth-order valence-electron chi connectivity index (χ4n) is 2.12. The van der Waals surface area contributed by atoms with Crippen molar-refractivity contribution in [2.24, 2.45) is 5.41 Å². The molecule has 0 aromatic heterocycles. The third-order valence-corrected chi connectivity index (χ3v) is 3.62. The minimum Gasteiger partial charge on any atom is -0.312 e. The third-order valence-electron chi connectivity index (χ3n) is 3.62. The van der Waals surface area contributed by atoms with Gasteiger partial charge in [0.15, 0.2) is 0 Å². The van der Waals surface area contributed by atoms with Crippen LogP contribution in [0, 0.1) is 22.6 Å². The molecule has 0 atom stereocenters. The Bertz CT molecular complexity index is 444. The maximum absolute atomic E-state index is 13.2. The van der Waals surface area contributed by atoms with Gasteiger partial charge in [0, 0.05) is 13.1 Å². The van der Waals surface area contributed by atoms with Gasteiger partial charge in [-0.05, 0) is 48.4 Å². The quantitative estimate of drug-likeness (QED) is 0.847. The van der Waals surface area contributed by atoms with Crippen molar-refractivity contribution in [3.8, 4) is 6.07 Å². The third kappa shape index (κ3) is 3.04. The number of nitriles is 1. The average Bonchev–Trinajstić information content (AvgIpc) is 3.09. The summed E-state index contributed by atoms with van der Waals surface area (Å²) in [5, 5.41) is 12.1. The minimum atomic E-state index is -0.336. The summed E-state index contributed by atoms with van der Waals surface area (Å²) >= 11 is 0. The highest BCUT2D eigenvalue weighted by Crippen LogP contribution is 2.47. The second-order valence-corrected chi connectivity index (χ2v) is 4.92. The standard InChI is InChI=1S/C14H17FN2/c1-2-14(3-4-14)10-17-9-12-5-11(8-16)6-13(15)7-12/h5-7,17H,2-4,9-10H2,1H3. The highest BCUT2D eigenvalue weighted by molar-refractivity contribution is 5.33. The van der Waals surface area contributed by atoms with Crippen molar-refractivity contribution < 1.29 is 4.39 Å². The van der Waals surface area contributed by atoms with Gasteiger partial charge in [-0.2, -0.15) is 5.26 Å². The van der Waals surface area contributed by atoms with Gasteiger partial charge in [-0.25, -0.2) is 4.39 Å². The van der Waals surface area contributed by atoms with Gasteiger partial charge in [-0.1, -0.05) is 6.92 Å². The molecular formula is C14H17FN2. The van der Waals surface area contributed by atoms with E-state index >= 15 is 0 Å². The molecule has 2 nitrogen and oxygen atoms in total. The van der Waals surface area contributed by atoms with Gasteiger partial charge in [0.25, 0.3) is 0 Å². The fourth-order valence-corrected chi connectivity index (χ4v) is 2.12. The summed E-state index contributed by atoms with van der Waals surface area (Å²) in [4.78, 5) is 0. The molecule has 0 spiro atoms. The van der Waals surface area contributed by atoms with Crippen molar-refractivity contribution in [2.45, 2.75) is 32.7 Å². The van der Waals surface area contributed by atoms with Gasteiger partial charge in [0.05, 0.1) is 11.6 Å². The van der Waals surface area contributed by atoms with Crippen molar-refractivity contribution in [1.29, 1.82) is 5.26 Å². The first-order chi connectivity index (χ1) is 8.17. The highest BCUT2D eigenvalue weighted by atomic mass is 19.1. The largest absolute Gasteiger partial charge is 0.312 e. The predicted octanol–water partition coefficient (Wildman–Crippen LogP) is 2.98. The molecule has 0 bridgehead atoms.